The van der Waals surface area contributed by atoms with Gasteiger partial charge >= 0.3 is 5.97 Å². The molecule has 1 amide bonds. The molecule has 2 aromatic carbocycles. The van der Waals surface area contributed by atoms with E-state index in [0.29, 0.717) is 11.3 Å². The fraction of sp³-hybridized carbons (Fsp3) is 0.238. The number of benzene rings is 2. The zero-order valence-electron chi connectivity index (χ0n) is 16.0. The number of nitrogens with zero attached hydrogens (tertiary/aromatic N) is 1. The number of esters is 1. The third kappa shape index (κ3) is 5.69. The molecular formula is C21H20N2O5S. The van der Waals surface area contributed by atoms with Gasteiger partial charge in [0.15, 0.2) is 11.9 Å². The van der Waals surface area contributed by atoms with Crippen LogP contribution in [0.3, 0.4) is 0 Å². The van der Waals surface area contributed by atoms with Crippen LogP contribution in [0.15, 0.2) is 48.5 Å². The lowest BCUT2D eigenvalue weighted by molar-refractivity contribution is -0.157. The monoisotopic (exact) mass is 412 g/mol. The predicted octanol–water partition coefficient (Wildman–Crippen LogP) is 3.59. The number of anilines is 1. The normalized spacial score (nSPS) is 11.8. The predicted molar refractivity (Wildman–Crippen MR) is 110 cm³/mol. The van der Waals surface area contributed by atoms with Crippen molar-refractivity contribution in [2.75, 3.05) is 11.9 Å². The number of carbonyl (C=O) groups excluding carboxylic acids is 3. The summed E-state index contributed by atoms with van der Waals surface area (Å²) in [5, 5.41) is 3.38. The maximum absolute atomic E-state index is 12.2. The average Bonchev–Trinajstić information content (AvgIpc) is 3.10. The van der Waals surface area contributed by atoms with Crippen LogP contribution in [0.5, 0.6) is 0 Å². The number of nitrogens with one attached hydrogen (secondary N) is 1. The molecule has 0 radical (unpaired) electrons. The molecule has 0 aliphatic heterocycles. The Morgan fingerprint density at radius 1 is 1.14 bits per heavy atom. The van der Waals surface area contributed by atoms with Gasteiger partial charge in [-0.1, -0.05) is 24.3 Å². The van der Waals surface area contributed by atoms with E-state index < -0.39 is 18.0 Å². The Labute approximate surface area is 171 Å². The van der Waals surface area contributed by atoms with Gasteiger partial charge < -0.3 is 14.8 Å². The van der Waals surface area contributed by atoms with Crippen LogP contribution >= 0.6 is 11.3 Å². The Morgan fingerprint density at radius 3 is 2.69 bits per heavy atom. The number of para-hydroxylation sites is 1. The fourth-order valence-corrected chi connectivity index (χ4v) is 3.45. The summed E-state index contributed by atoms with van der Waals surface area (Å²) in [6.07, 6.45) is -1.01. The van der Waals surface area contributed by atoms with Crippen molar-refractivity contribution in [3.63, 3.8) is 0 Å². The lowest BCUT2D eigenvalue weighted by Gasteiger charge is -2.14. The third-order valence-electron chi connectivity index (χ3n) is 4.00. The highest BCUT2D eigenvalue weighted by Crippen LogP contribution is 2.21. The number of fused-ring (bicyclic) bond motifs is 1. The maximum Gasteiger partial charge on any atom is 0.332 e. The zero-order valence-corrected chi connectivity index (χ0v) is 16.8. The van der Waals surface area contributed by atoms with Crippen LogP contribution in [0.25, 0.3) is 10.2 Å². The van der Waals surface area contributed by atoms with Crippen LogP contribution in [-0.2, 0) is 25.7 Å². The Kier molecular flexibility index (Phi) is 6.69. The summed E-state index contributed by atoms with van der Waals surface area (Å²) < 4.78 is 11.5. The molecular weight excluding hydrogens is 392 g/mol. The summed E-state index contributed by atoms with van der Waals surface area (Å²) in [5.41, 5.74) is 1.83. The molecule has 3 aromatic rings. The third-order valence-corrected chi connectivity index (χ3v) is 5.01. The van der Waals surface area contributed by atoms with Crippen molar-refractivity contribution in [2.45, 2.75) is 26.6 Å². The summed E-state index contributed by atoms with van der Waals surface area (Å²) in [6.45, 7) is 2.81. The average molecular weight is 412 g/mol. The van der Waals surface area contributed by atoms with E-state index in [2.05, 4.69) is 10.3 Å². The van der Waals surface area contributed by atoms with Crippen LogP contribution < -0.4 is 5.32 Å². The summed E-state index contributed by atoms with van der Waals surface area (Å²) >= 11 is 1.50. The highest BCUT2D eigenvalue weighted by molar-refractivity contribution is 7.18. The molecule has 0 spiro atoms. The highest BCUT2D eigenvalue weighted by atomic mass is 32.1. The number of aromatic nitrogens is 1. The van der Waals surface area contributed by atoms with E-state index in [1.54, 1.807) is 24.3 Å². The molecule has 0 aliphatic carbocycles. The molecule has 0 saturated carbocycles. The number of Topliss-reactive ketones (excluding diaryl/α,β-unsaturated/α-hetero) is 1. The molecule has 1 N–H and O–H groups in total. The van der Waals surface area contributed by atoms with Crippen molar-refractivity contribution in [3.8, 4) is 0 Å². The number of ether oxygens (including phenoxy) is 2. The van der Waals surface area contributed by atoms with E-state index in [1.807, 2.05) is 24.3 Å². The first kappa shape index (κ1) is 20.6. The molecule has 1 aromatic heterocycles. The molecule has 0 bridgehead atoms. The van der Waals surface area contributed by atoms with Gasteiger partial charge in [-0.15, -0.1) is 11.3 Å². The molecule has 29 heavy (non-hydrogen) atoms. The fourth-order valence-electron chi connectivity index (χ4n) is 2.55. The number of rotatable bonds is 8. The van der Waals surface area contributed by atoms with Crippen LogP contribution in [0.1, 0.15) is 29.2 Å². The standard InChI is InChI=1S/C21H20N2O5S/c1-13(24)15-6-5-7-16(10-15)22-21(26)14(2)28-20(25)12-27-11-19-23-17-8-3-4-9-18(17)29-19/h3-10,14H,11-12H2,1-2H3,(H,22,26)/t14-/m0/s1. The number of amides is 1. The summed E-state index contributed by atoms with van der Waals surface area (Å²) in [7, 11) is 0. The second-order valence-corrected chi connectivity index (χ2v) is 7.44. The first-order valence-electron chi connectivity index (χ1n) is 8.96. The van der Waals surface area contributed by atoms with Gasteiger partial charge in [0.2, 0.25) is 0 Å². The van der Waals surface area contributed by atoms with E-state index in [0.717, 1.165) is 15.2 Å². The lowest BCUT2D eigenvalue weighted by atomic mass is 10.1. The number of hydrogen-bond donors (Lipinski definition) is 1. The largest absolute Gasteiger partial charge is 0.451 e. The molecule has 0 fully saturated rings. The molecule has 3 rings (SSSR count). The first-order chi connectivity index (χ1) is 13.9. The van der Waals surface area contributed by atoms with Crippen LogP contribution in [0.4, 0.5) is 5.69 Å². The minimum atomic E-state index is -1.01. The number of thiazole rings is 1. The summed E-state index contributed by atoms with van der Waals surface area (Å²) in [6, 6.07) is 14.3. The Balaban J connectivity index is 1.45. The molecule has 8 heteroatoms. The second kappa shape index (κ2) is 9.40. The molecule has 0 saturated heterocycles. The van der Waals surface area contributed by atoms with E-state index in [4.69, 9.17) is 9.47 Å². The Morgan fingerprint density at radius 2 is 1.93 bits per heavy atom. The smallest absolute Gasteiger partial charge is 0.332 e. The molecule has 1 atom stereocenters. The van der Waals surface area contributed by atoms with Crippen molar-refractivity contribution in [1.82, 2.24) is 4.98 Å². The summed E-state index contributed by atoms with van der Waals surface area (Å²) in [5.74, 6) is -1.25. The van der Waals surface area contributed by atoms with E-state index >= 15 is 0 Å². The van der Waals surface area contributed by atoms with Gasteiger partial charge in [-0.25, -0.2) is 9.78 Å². The highest BCUT2D eigenvalue weighted by Gasteiger charge is 2.18. The number of ketones is 1. The molecule has 0 unspecified atom stereocenters. The zero-order chi connectivity index (χ0) is 20.8. The van der Waals surface area contributed by atoms with Gasteiger partial charge in [0, 0.05) is 11.3 Å². The van der Waals surface area contributed by atoms with Gasteiger partial charge in [-0.05, 0) is 38.1 Å². The molecule has 7 nitrogen and oxygen atoms in total. The van der Waals surface area contributed by atoms with Gasteiger partial charge in [-0.3, -0.25) is 9.59 Å². The topological polar surface area (TPSA) is 94.6 Å². The van der Waals surface area contributed by atoms with Crippen molar-refractivity contribution in [2.24, 2.45) is 0 Å². The van der Waals surface area contributed by atoms with Crippen molar-refractivity contribution in [1.29, 1.82) is 0 Å². The van der Waals surface area contributed by atoms with Crippen LogP contribution in [0, 0.1) is 0 Å². The number of carbonyl (C=O) groups is 3. The summed E-state index contributed by atoms with van der Waals surface area (Å²) in [4.78, 5) is 40.0. The van der Waals surface area contributed by atoms with Gasteiger partial charge in [0.05, 0.1) is 16.8 Å². The minimum absolute atomic E-state index is 0.106. The van der Waals surface area contributed by atoms with E-state index in [-0.39, 0.29) is 19.0 Å². The second-order valence-electron chi connectivity index (χ2n) is 6.33. The molecule has 0 aliphatic rings. The van der Waals surface area contributed by atoms with E-state index in [1.165, 1.54) is 25.2 Å². The maximum atomic E-state index is 12.2. The van der Waals surface area contributed by atoms with Gasteiger partial charge in [-0.2, -0.15) is 0 Å². The van der Waals surface area contributed by atoms with Gasteiger partial charge in [0.25, 0.3) is 5.91 Å². The van der Waals surface area contributed by atoms with Crippen molar-refractivity contribution >= 4 is 44.9 Å². The molecule has 150 valence electrons. The first-order valence-corrected chi connectivity index (χ1v) is 9.77. The lowest BCUT2D eigenvalue weighted by Crippen LogP contribution is -2.31. The van der Waals surface area contributed by atoms with Crippen molar-refractivity contribution in [3.05, 3.63) is 59.1 Å². The van der Waals surface area contributed by atoms with Gasteiger partial charge in [0.1, 0.15) is 11.6 Å². The molecule has 1 heterocycles. The Hall–Kier alpha value is -3.10. The Bertz CT molecular complexity index is 1010. The quantitative estimate of drug-likeness (QED) is 0.449. The van der Waals surface area contributed by atoms with E-state index in [9.17, 15) is 14.4 Å². The minimum Gasteiger partial charge on any atom is -0.451 e. The van der Waals surface area contributed by atoms with Crippen molar-refractivity contribution < 1.29 is 23.9 Å². The van der Waals surface area contributed by atoms with Crippen LogP contribution in [0.2, 0.25) is 0 Å². The SMILES string of the molecule is CC(=O)c1cccc(NC(=O)[C@H](C)OC(=O)COCc2nc3ccccc3s2)c1. The number of hydrogen-bond acceptors (Lipinski definition) is 7. The van der Waals surface area contributed by atoms with Crippen LogP contribution in [-0.4, -0.2) is 35.4 Å².